The molecule has 35 heavy (non-hydrogen) atoms. The minimum absolute atomic E-state index is 0.0709. The number of nitrogens with zero attached hydrogens (tertiary/aromatic N) is 5. The molecular weight excluding hydrogens is 434 g/mol. The molecule has 0 radical (unpaired) electrons. The molecule has 1 saturated heterocycles. The van der Waals surface area contributed by atoms with Gasteiger partial charge in [-0.2, -0.15) is 5.10 Å². The second-order valence-electron chi connectivity index (χ2n) is 9.89. The van der Waals surface area contributed by atoms with E-state index in [0.29, 0.717) is 6.54 Å². The van der Waals surface area contributed by atoms with Crippen LogP contribution in [0.4, 0.5) is 0 Å². The summed E-state index contributed by atoms with van der Waals surface area (Å²) < 4.78 is 2.10. The molecule has 5 rings (SSSR count). The van der Waals surface area contributed by atoms with Crippen molar-refractivity contribution < 1.29 is 4.79 Å². The number of rotatable bonds is 6. The summed E-state index contributed by atoms with van der Waals surface area (Å²) in [7, 11) is 2.04. The summed E-state index contributed by atoms with van der Waals surface area (Å²) in [5.74, 6) is 0.0755. The lowest BCUT2D eigenvalue weighted by atomic mass is 9.98. The van der Waals surface area contributed by atoms with Crippen molar-refractivity contribution in [3.63, 3.8) is 0 Å². The average Bonchev–Trinajstić information content (AvgIpc) is 3.49. The van der Waals surface area contributed by atoms with Gasteiger partial charge in [0.25, 0.3) is 5.91 Å². The molecule has 1 aromatic heterocycles. The molecule has 3 heterocycles. The van der Waals surface area contributed by atoms with Gasteiger partial charge in [0, 0.05) is 58.1 Å². The van der Waals surface area contributed by atoms with Crippen LogP contribution >= 0.6 is 0 Å². The fraction of sp³-hybridized carbons (Fsp3) is 0.379. The highest BCUT2D eigenvalue weighted by Gasteiger charge is 2.35. The second kappa shape index (κ2) is 10.2. The molecule has 6 nitrogen and oxygen atoms in total. The van der Waals surface area contributed by atoms with Gasteiger partial charge in [-0.3, -0.25) is 14.6 Å². The van der Waals surface area contributed by atoms with E-state index >= 15 is 0 Å². The zero-order chi connectivity index (χ0) is 24.4. The van der Waals surface area contributed by atoms with Crippen LogP contribution in [0.2, 0.25) is 0 Å². The molecular formula is C29H35N5O. The number of piperazine rings is 1. The van der Waals surface area contributed by atoms with E-state index in [0.717, 1.165) is 56.1 Å². The Morgan fingerprint density at radius 1 is 0.914 bits per heavy atom. The third-order valence-corrected chi connectivity index (χ3v) is 7.40. The molecule has 0 spiro atoms. The molecule has 6 heteroatoms. The van der Waals surface area contributed by atoms with Gasteiger partial charge in [0.15, 0.2) is 0 Å². The van der Waals surface area contributed by atoms with Crippen LogP contribution in [-0.2, 0) is 18.4 Å². The van der Waals surface area contributed by atoms with Crippen molar-refractivity contribution in [1.82, 2.24) is 19.4 Å². The number of aryl methyl sites for hydroxylation is 3. The summed E-state index contributed by atoms with van der Waals surface area (Å²) in [6, 6.07) is 21.1. The molecule has 0 saturated carbocycles. The van der Waals surface area contributed by atoms with Crippen molar-refractivity contribution in [3.8, 4) is 0 Å². The molecule has 0 bridgehead atoms. The SMILES string of the molecule is Cc1ccc(C2=NN(C(=O)CN3CCN(Cc4ccccc4)CC3)[C@@H](c3cccn3C)C2)cc1C. The Morgan fingerprint density at radius 2 is 1.66 bits per heavy atom. The molecule has 1 fully saturated rings. The Balaban J connectivity index is 1.27. The van der Waals surface area contributed by atoms with Gasteiger partial charge in [-0.1, -0.05) is 42.5 Å². The fourth-order valence-electron chi connectivity index (χ4n) is 5.10. The van der Waals surface area contributed by atoms with Gasteiger partial charge in [-0.05, 0) is 54.3 Å². The number of amides is 1. The summed E-state index contributed by atoms with van der Waals surface area (Å²) in [5, 5.41) is 6.64. The van der Waals surface area contributed by atoms with E-state index < -0.39 is 0 Å². The molecule has 2 aliphatic heterocycles. The third kappa shape index (κ3) is 5.24. The minimum Gasteiger partial charge on any atom is -0.353 e. The first kappa shape index (κ1) is 23.5. The highest BCUT2D eigenvalue weighted by Crippen LogP contribution is 2.33. The van der Waals surface area contributed by atoms with E-state index in [1.165, 1.54) is 16.7 Å². The lowest BCUT2D eigenvalue weighted by Gasteiger charge is -2.35. The maximum Gasteiger partial charge on any atom is 0.257 e. The monoisotopic (exact) mass is 469 g/mol. The largest absolute Gasteiger partial charge is 0.353 e. The smallest absolute Gasteiger partial charge is 0.257 e. The van der Waals surface area contributed by atoms with Crippen molar-refractivity contribution in [2.75, 3.05) is 32.7 Å². The van der Waals surface area contributed by atoms with Crippen LogP contribution in [0.1, 0.15) is 40.4 Å². The first-order valence-electron chi connectivity index (χ1n) is 12.5. The van der Waals surface area contributed by atoms with Crippen LogP contribution in [0.5, 0.6) is 0 Å². The van der Waals surface area contributed by atoms with E-state index in [2.05, 4.69) is 82.8 Å². The van der Waals surface area contributed by atoms with E-state index in [9.17, 15) is 4.79 Å². The van der Waals surface area contributed by atoms with Gasteiger partial charge in [-0.25, -0.2) is 5.01 Å². The zero-order valence-electron chi connectivity index (χ0n) is 21.0. The normalized spacial score (nSPS) is 19.2. The summed E-state index contributed by atoms with van der Waals surface area (Å²) in [6.45, 7) is 9.37. The van der Waals surface area contributed by atoms with Crippen molar-refractivity contribution in [2.24, 2.45) is 12.1 Å². The summed E-state index contributed by atoms with van der Waals surface area (Å²) in [5.41, 5.74) is 7.07. The van der Waals surface area contributed by atoms with Crippen LogP contribution in [0.3, 0.4) is 0 Å². The Morgan fingerprint density at radius 3 is 2.34 bits per heavy atom. The van der Waals surface area contributed by atoms with Gasteiger partial charge < -0.3 is 4.57 Å². The number of carbonyl (C=O) groups is 1. The van der Waals surface area contributed by atoms with Crippen LogP contribution in [-0.4, -0.2) is 63.7 Å². The Kier molecular flexibility index (Phi) is 6.84. The minimum atomic E-state index is -0.0709. The summed E-state index contributed by atoms with van der Waals surface area (Å²) in [4.78, 5) is 18.3. The standard InChI is InChI=1S/C29H35N5O/c1-22-11-12-25(18-23(22)2)26-19-28(27-10-7-13-31(27)3)34(30-26)29(35)21-33-16-14-32(15-17-33)20-24-8-5-4-6-9-24/h4-13,18,28H,14-17,19-21H2,1-3H3/t28-/m1/s1. The van der Waals surface area contributed by atoms with Crippen molar-refractivity contribution >= 4 is 11.6 Å². The van der Waals surface area contributed by atoms with Crippen LogP contribution in [0.15, 0.2) is 72.0 Å². The molecule has 2 aliphatic rings. The van der Waals surface area contributed by atoms with Gasteiger partial charge in [-0.15, -0.1) is 0 Å². The maximum atomic E-state index is 13.6. The zero-order valence-corrected chi connectivity index (χ0v) is 21.0. The second-order valence-corrected chi connectivity index (χ2v) is 9.89. The lowest BCUT2D eigenvalue weighted by Crippen LogP contribution is -2.49. The molecule has 0 aliphatic carbocycles. The topological polar surface area (TPSA) is 44.1 Å². The molecule has 3 aromatic rings. The maximum absolute atomic E-state index is 13.6. The molecule has 2 aromatic carbocycles. The Labute approximate surface area is 208 Å². The van der Waals surface area contributed by atoms with E-state index in [-0.39, 0.29) is 11.9 Å². The van der Waals surface area contributed by atoms with E-state index in [4.69, 9.17) is 5.10 Å². The van der Waals surface area contributed by atoms with Gasteiger partial charge in [0.1, 0.15) is 6.04 Å². The number of hydrogen-bond donors (Lipinski definition) is 0. The van der Waals surface area contributed by atoms with Crippen LogP contribution in [0.25, 0.3) is 0 Å². The number of carbonyl (C=O) groups excluding carboxylic acids is 1. The first-order chi connectivity index (χ1) is 17.0. The highest BCUT2D eigenvalue weighted by molar-refractivity contribution is 6.03. The molecule has 182 valence electrons. The van der Waals surface area contributed by atoms with Crippen molar-refractivity contribution in [1.29, 1.82) is 0 Å². The van der Waals surface area contributed by atoms with E-state index in [1.807, 2.05) is 19.3 Å². The number of benzene rings is 2. The van der Waals surface area contributed by atoms with Gasteiger partial charge in [0.2, 0.25) is 0 Å². The molecule has 1 atom stereocenters. The van der Waals surface area contributed by atoms with Crippen LogP contribution < -0.4 is 0 Å². The number of aromatic nitrogens is 1. The lowest BCUT2D eigenvalue weighted by molar-refractivity contribution is -0.134. The Hall–Kier alpha value is -3.22. The average molecular weight is 470 g/mol. The molecule has 0 unspecified atom stereocenters. The number of hydrazone groups is 1. The van der Waals surface area contributed by atoms with Gasteiger partial charge >= 0.3 is 0 Å². The quantitative estimate of drug-likeness (QED) is 0.545. The van der Waals surface area contributed by atoms with E-state index in [1.54, 1.807) is 5.01 Å². The number of hydrogen-bond acceptors (Lipinski definition) is 4. The predicted octanol–water partition coefficient (Wildman–Crippen LogP) is 4.14. The molecule has 0 N–H and O–H groups in total. The van der Waals surface area contributed by atoms with Crippen molar-refractivity contribution in [3.05, 3.63) is 94.8 Å². The predicted molar refractivity (Wildman–Crippen MR) is 140 cm³/mol. The third-order valence-electron chi connectivity index (χ3n) is 7.40. The highest BCUT2D eigenvalue weighted by atomic mass is 16.2. The van der Waals surface area contributed by atoms with Crippen LogP contribution in [0, 0.1) is 13.8 Å². The Bertz CT molecular complexity index is 1210. The summed E-state index contributed by atoms with van der Waals surface area (Å²) in [6.07, 6.45) is 2.77. The molecule has 1 amide bonds. The fourth-order valence-corrected chi connectivity index (χ4v) is 5.10. The van der Waals surface area contributed by atoms with Crippen molar-refractivity contribution in [2.45, 2.75) is 32.9 Å². The summed E-state index contributed by atoms with van der Waals surface area (Å²) >= 11 is 0. The first-order valence-corrected chi connectivity index (χ1v) is 12.5. The van der Waals surface area contributed by atoms with Gasteiger partial charge in [0.05, 0.1) is 12.3 Å².